The zero-order valence-electron chi connectivity index (χ0n) is 18.7. The molecule has 25 heteroatoms. The van der Waals surface area contributed by atoms with Crippen molar-refractivity contribution >= 4 is 43.0 Å². The number of phosphoric acid groups is 2. The Morgan fingerprint density at radius 3 is 2.29 bits per heavy atom. The largest absolute Gasteiger partial charge is 1.00 e. The number of fused-ring (bicyclic) bond motifs is 1. The Morgan fingerprint density at radius 1 is 1.14 bits per heavy atom. The van der Waals surface area contributed by atoms with Crippen LogP contribution >= 0.6 is 15.6 Å². The van der Waals surface area contributed by atoms with Crippen LogP contribution in [0.2, 0.25) is 0 Å². The van der Waals surface area contributed by atoms with E-state index >= 15 is 0 Å². The zero-order valence-corrected chi connectivity index (χ0v) is 21.3. The molecular formula is C10H11Li4N5O13P2S. The van der Waals surface area contributed by atoms with Crippen LogP contribution in [0.4, 0.5) is 5.82 Å². The Hall–Kier alpha value is 0.790. The Balaban J connectivity index is 0. The van der Waals surface area contributed by atoms with E-state index in [1.54, 1.807) is 0 Å². The molecule has 2 unspecified atom stereocenters. The molecule has 174 valence electrons. The number of imidazole rings is 1. The number of rotatable bonds is 8. The summed E-state index contributed by atoms with van der Waals surface area (Å²) in [6.07, 6.45) is -5.14. The third kappa shape index (κ3) is 10.1. The van der Waals surface area contributed by atoms with Crippen LogP contribution in [-0.4, -0.2) is 62.5 Å². The number of phosphoric ester groups is 2. The molecule has 0 aromatic carbocycles. The third-order valence-electron chi connectivity index (χ3n) is 3.80. The van der Waals surface area contributed by atoms with E-state index < -0.39 is 57.2 Å². The quantitative estimate of drug-likeness (QED) is 0.138. The summed E-state index contributed by atoms with van der Waals surface area (Å²) in [5.41, 5.74) is 5.73. The van der Waals surface area contributed by atoms with E-state index in [2.05, 4.69) is 28.0 Å². The average molecular weight is 531 g/mol. The minimum absolute atomic E-state index is 0. The summed E-state index contributed by atoms with van der Waals surface area (Å²) in [5, 5.41) is 10.4. The maximum absolute atomic E-state index is 11.4. The molecule has 3 N–H and O–H groups in total. The molecule has 1 saturated heterocycles. The molecular weight excluding hydrogens is 520 g/mol. The molecule has 5 atom stereocenters. The van der Waals surface area contributed by atoms with Gasteiger partial charge in [-0.25, -0.2) is 27.3 Å². The molecule has 0 spiro atoms. The van der Waals surface area contributed by atoms with Crippen LogP contribution in [0.15, 0.2) is 12.7 Å². The van der Waals surface area contributed by atoms with Crippen LogP contribution in [0.3, 0.4) is 0 Å². The first-order valence-electron chi connectivity index (χ1n) is 7.76. The predicted molar refractivity (Wildman–Crippen MR) is 86.5 cm³/mol. The van der Waals surface area contributed by atoms with E-state index in [-0.39, 0.29) is 92.4 Å². The monoisotopic (exact) mass is 531 g/mol. The van der Waals surface area contributed by atoms with Crippen LogP contribution < -0.4 is 95.9 Å². The number of hydrogen-bond donors (Lipinski definition) is 2. The van der Waals surface area contributed by atoms with Gasteiger partial charge in [-0.1, -0.05) is 0 Å². The smallest absolute Gasteiger partial charge is 0.790 e. The number of nitrogens with two attached hydrogens (primary N) is 1. The van der Waals surface area contributed by atoms with Gasteiger partial charge in [0.2, 0.25) is 10.4 Å². The summed E-state index contributed by atoms with van der Waals surface area (Å²) in [5.74, 6) is -0.0456. The standard InChI is InChI=1S/C10H15N5O13P2S.4Li/c11-8-5-9(13-2-12-8)15(3-14-5)10-6(16)7(27-29(17,18)19)4(26-10)1-25-30(20,21)28-31(22,23)24;;;;/h2-4,6-7,10,16H,1H2,(H,20,21)(H2,11,12,13)(H2,17,18,19)(H,22,23,24);;;;/q;4*+1/p-4/t4-,6?,7+,10-;;;;/m1..../s1. The Kier molecular flexibility index (Phi) is 15.5. The Bertz CT molecular complexity index is 1180. The molecule has 0 bridgehead atoms. The van der Waals surface area contributed by atoms with Crippen LogP contribution in [0, 0.1) is 0 Å². The van der Waals surface area contributed by atoms with Gasteiger partial charge >= 0.3 is 75.4 Å². The molecule has 2 aromatic rings. The van der Waals surface area contributed by atoms with E-state index in [1.165, 1.54) is 0 Å². The summed E-state index contributed by atoms with van der Waals surface area (Å²) >= 11 is 0. The van der Waals surface area contributed by atoms with Crippen LogP contribution in [0.5, 0.6) is 0 Å². The average Bonchev–Trinajstić information content (AvgIpc) is 3.13. The molecule has 0 amide bonds. The van der Waals surface area contributed by atoms with Crippen molar-refractivity contribution in [2.24, 2.45) is 0 Å². The molecule has 18 nitrogen and oxygen atoms in total. The maximum Gasteiger partial charge on any atom is 1.00 e. The van der Waals surface area contributed by atoms with E-state index in [9.17, 15) is 41.9 Å². The van der Waals surface area contributed by atoms with Gasteiger partial charge in [-0.15, -0.1) is 0 Å². The second-order valence-electron chi connectivity index (χ2n) is 5.88. The molecule has 2 aromatic heterocycles. The molecule has 0 saturated carbocycles. The molecule has 0 aliphatic carbocycles. The normalized spacial score (nSPS) is 23.8. The fourth-order valence-corrected chi connectivity index (χ4v) is 4.67. The maximum atomic E-state index is 11.4. The number of aromatic nitrogens is 4. The first-order chi connectivity index (χ1) is 14.2. The third-order valence-corrected chi connectivity index (χ3v) is 6.23. The van der Waals surface area contributed by atoms with E-state index in [0.29, 0.717) is 0 Å². The van der Waals surface area contributed by atoms with Gasteiger partial charge in [0.1, 0.15) is 30.2 Å². The molecule has 3 rings (SSSR count). The van der Waals surface area contributed by atoms with Crippen molar-refractivity contribution in [1.29, 1.82) is 0 Å². The van der Waals surface area contributed by atoms with Crippen molar-refractivity contribution in [1.82, 2.24) is 19.5 Å². The van der Waals surface area contributed by atoms with Crippen molar-refractivity contribution in [2.75, 3.05) is 12.3 Å². The summed E-state index contributed by atoms with van der Waals surface area (Å²) in [6.45, 7) is -1.21. The summed E-state index contributed by atoms with van der Waals surface area (Å²) in [4.78, 5) is 45.0. The number of aliphatic hydroxyl groups excluding tert-OH is 1. The second-order valence-corrected chi connectivity index (χ2v) is 9.55. The van der Waals surface area contributed by atoms with Crippen molar-refractivity contribution < 1.29 is 135 Å². The molecule has 1 fully saturated rings. The van der Waals surface area contributed by atoms with Crippen molar-refractivity contribution in [3.63, 3.8) is 0 Å². The van der Waals surface area contributed by atoms with Crippen molar-refractivity contribution in [2.45, 2.75) is 24.5 Å². The van der Waals surface area contributed by atoms with Crippen molar-refractivity contribution in [3.05, 3.63) is 12.7 Å². The summed E-state index contributed by atoms with van der Waals surface area (Å²) in [6, 6.07) is 0. The summed E-state index contributed by atoms with van der Waals surface area (Å²) in [7, 11) is -17.2. The number of ether oxygens (including phenoxy) is 1. The van der Waals surface area contributed by atoms with Crippen LogP contribution in [0.1, 0.15) is 6.23 Å². The Morgan fingerprint density at radius 2 is 1.74 bits per heavy atom. The number of nitrogen functional groups attached to an aromatic ring is 1. The van der Waals surface area contributed by atoms with Gasteiger partial charge < -0.3 is 48.4 Å². The van der Waals surface area contributed by atoms with Gasteiger partial charge in [0.05, 0.1) is 20.8 Å². The fraction of sp³-hybridized carbons (Fsp3) is 0.500. The van der Waals surface area contributed by atoms with E-state index in [0.717, 1.165) is 17.2 Å². The van der Waals surface area contributed by atoms with Gasteiger partial charge in [0.15, 0.2) is 17.7 Å². The molecule has 1 aliphatic rings. The van der Waals surface area contributed by atoms with Gasteiger partial charge in [-0.3, -0.25) is 9.13 Å². The first kappa shape index (κ1) is 37.9. The fourth-order valence-electron chi connectivity index (χ4n) is 2.72. The van der Waals surface area contributed by atoms with E-state index in [4.69, 9.17) is 10.5 Å². The molecule has 0 radical (unpaired) electrons. The molecule has 3 heterocycles. The number of aliphatic hydroxyl groups is 1. The van der Waals surface area contributed by atoms with Gasteiger partial charge in [0.25, 0.3) is 7.82 Å². The van der Waals surface area contributed by atoms with Gasteiger partial charge in [-0.2, -0.15) is 0 Å². The number of hydrogen-bond acceptors (Lipinski definition) is 17. The van der Waals surface area contributed by atoms with Crippen molar-refractivity contribution in [3.8, 4) is 0 Å². The second kappa shape index (κ2) is 14.3. The first-order valence-corrected chi connectivity index (χ1v) is 12.0. The van der Waals surface area contributed by atoms with Crippen LogP contribution in [-0.2, 0) is 37.3 Å². The number of nitrogens with zero attached hydrogens (tertiary/aromatic N) is 4. The SMILES string of the molecule is Nc1ncnc2c1ncn2[C@@H]1O[C@H](COP(=O)([O-])OS(=O)(=O)[O-])[C@H](OP(=O)([O-])[O-])C1O.[Li+].[Li+].[Li+].[Li+]. The minimum Gasteiger partial charge on any atom is -0.790 e. The van der Waals surface area contributed by atoms with Gasteiger partial charge in [0, 0.05) is 0 Å². The Labute approximate surface area is 245 Å². The van der Waals surface area contributed by atoms with E-state index in [1.807, 2.05) is 0 Å². The minimum atomic E-state index is -5.74. The zero-order chi connectivity index (χ0) is 23.2. The topological polar surface area (TPSA) is 287 Å². The van der Waals surface area contributed by atoms with Crippen LogP contribution in [0.25, 0.3) is 11.2 Å². The predicted octanol–water partition coefficient (Wildman–Crippen LogP) is -16.1. The molecule has 35 heavy (non-hydrogen) atoms. The molecule has 1 aliphatic heterocycles. The van der Waals surface area contributed by atoms with Gasteiger partial charge in [-0.05, 0) is 0 Å². The summed E-state index contributed by atoms with van der Waals surface area (Å²) < 4.78 is 71.8. The number of anilines is 1.